The number of hydrogen-bond donors (Lipinski definition) is 2. The van der Waals surface area contributed by atoms with Gasteiger partial charge in [0.05, 0.1) is 5.75 Å². The third-order valence-electron chi connectivity index (χ3n) is 2.17. The number of rotatable bonds is 4. The third-order valence-corrected chi connectivity index (χ3v) is 3.73. The Kier molecular flexibility index (Phi) is 4.53. The van der Waals surface area contributed by atoms with Crippen molar-refractivity contribution in [2.24, 2.45) is 0 Å². The first kappa shape index (κ1) is 14.3. The zero-order valence-electron chi connectivity index (χ0n) is 10.2. The van der Waals surface area contributed by atoms with Gasteiger partial charge in [-0.25, -0.2) is 23.4 Å². The van der Waals surface area contributed by atoms with Crippen molar-refractivity contribution in [1.82, 2.24) is 19.7 Å². The summed E-state index contributed by atoms with van der Waals surface area (Å²) in [6.07, 6.45) is 2.55. The molecule has 1 heterocycles. The average molecular weight is 309 g/mol. The van der Waals surface area contributed by atoms with E-state index in [4.69, 9.17) is 12.2 Å². The van der Waals surface area contributed by atoms with Crippen molar-refractivity contribution in [3.63, 3.8) is 0 Å². The Morgan fingerprint density at radius 2 is 1.80 bits per heavy atom. The van der Waals surface area contributed by atoms with Crippen molar-refractivity contribution in [1.29, 1.82) is 0 Å². The first-order valence-corrected chi connectivity index (χ1v) is 7.59. The Morgan fingerprint density at radius 3 is 2.45 bits per heavy atom. The minimum atomic E-state index is -3.58. The van der Waals surface area contributed by atoms with Crippen LogP contribution in [0.3, 0.4) is 0 Å². The lowest BCUT2D eigenvalue weighted by atomic mass is 10.2. The molecule has 0 fully saturated rings. The lowest BCUT2D eigenvalue weighted by Gasteiger charge is -2.09. The standard InChI is InChI=1S/C11H11N5O2S2/c17-20(18,6-9-4-2-1-3-5-9)16-11(19)15-10-13-7-12-8-14-10/h1-5,7-8H,6H2,(H2,12,13,14,15,16,19). The fourth-order valence-corrected chi connectivity index (χ4v) is 2.91. The molecule has 2 N–H and O–H groups in total. The number of nitrogens with zero attached hydrogens (tertiary/aromatic N) is 3. The van der Waals surface area contributed by atoms with Crippen LogP contribution in [0.4, 0.5) is 5.95 Å². The van der Waals surface area contributed by atoms with Crippen LogP contribution in [0.2, 0.25) is 0 Å². The molecule has 0 amide bonds. The molecule has 0 spiro atoms. The highest BCUT2D eigenvalue weighted by atomic mass is 32.2. The lowest BCUT2D eigenvalue weighted by Crippen LogP contribution is -2.35. The normalized spacial score (nSPS) is 10.8. The summed E-state index contributed by atoms with van der Waals surface area (Å²) in [6, 6.07) is 8.80. The van der Waals surface area contributed by atoms with Gasteiger partial charge in [0.25, 0.3) is 0 Å². The molecular formula is C11H11N5O2S2. The molecule has 0 unspecified atom stereocenters. The molecular weight excluding hydrogens is 298 g/mol. The van der Waals surface area contributed by atoms with Crippen molar-refractivity contribution in [2.45, 2.75) is 5.75 Å². The molecule has 0 aliphatic rings. The predicted octanol–water partition coefficient (Wildman–Crippen LogP) is 0.688. The monoisotopic (exact) mass is 309 g/mol. The van der Waals surface area contributed by atoms with Gasteiger partial charge < -0.3 is 5.32 Å². The Morgan fingerprint density at radius 1 is 1.15 bits per heavy atom. The van der Waals surface area contributed by atoms with Gasteiger partial charge in [0.2, 0.25) is 16.0 Å². The quantitative estimate of drug-likeness (QED) is 0.802. The van der Waals surface area contributed by atoms with Gasteiger partial charge >= 0.3 is 0 Å². The van der Waals surface area contributed by atoms with E-state index in [0.717, 1.165) is 0 Å². The number of benzene rings is 1. The molecule has 9 heteroatoms. The van der Waals surface area contributed by atoms with Crippen molar-refractivity contribution in [3.8, 4) is 0 Å². The molecule has 7 nitrogen and oxygen atoms in total. The molecule has 0 saturated heterocycles. The van der Waals surface area contributed by atoms with E-state index in [1.165, 1.54) is 12.7 Å². The van der Waals surface area contributed by atoms with E-state index in [2.05, 4.69) is 25.0 Å². The van der Waals surface area contributed by atoms with Crippen molar-refractivity contribution in [3.05, 3.63) is 48.5 Å². The van der Waals surface area contributed by atoms with E-state index in [0.29, 0.717) is 5.56 Å². The Bertz CT molecular complexity index is 676. The maximum atomic E-state index is 11.9. The highest BCUT2D eigenvalue weighted by Crippen LogP contribution is 2.04. The fourth-order valence-electron chi connectivity index (χ4n) is 1.40. The molecule has 2 rings (SSSR count). The Balaban J connectivity index is 1.96. The van der Waals surface area contributed by atoms with Crippen molar-refractivity contribution < 1.29 is 8.42 Å². The lowest BCUT2D eigenvalue weighted by molar-refractivity contribution is 0.592. The molecule has 0 saturated carbocycles. The average Bonchev–Trinajstić information content (AvgIpc) is 2.39. The highest BCUT2D eigenvalue weighted by molar-refractivity contribution is 7.91. The van der Waals surface area contributed by atoms with E-state index in [1.54, 1.807) is 24.3 Å². The Hall–Kier alpha value is -2.13. The summed E-state index contributed by atoms with van der Waals surface area (Å²) in [5.41, 5.74) is 0.669. The van der Waals surface area contributed by atoms with Gasteiger partial charge in [-0.3, -0.25) is 4.72 Å². The molecule has 2 aromatic rings. The maximum Gasteiger partial charge on any atom is 0.238 e. The molecule has 20 heavy (non-hydrogen) atoms. The Labute approximate surface area is 121 Å². The predicted molar refractivity (Wildman–Crippen MR) is 78.2 cm³/mol. The first-order valence-electron chi connectivity index (χ1n) is 5.52. The molecule has 0 radical (unpaired) electrons. The van der Waals surface area contributed by atoms with Gasteiger partial charge in [0, 0.05) is 0 Å². The summed E-state index contributed by atoms with van der Waals surface area (Å²) in [7, 11) is -3.58. The van der Waals surface area contributed by atoms with Crippen LogP contribution in [0.1, 0.15) is 5.56 Å². The molecule has 1 aromatic heterocycles. The van der Waals surface area contributed by atoms with E-state index >= 15 is 0 Å². The van der Waals surface area contributed by atoms with E-state index < -0.39 is 10.0 Å². The summed E-state index contributed by atoms with van der Waals surface area (Å²) < 4.78 is 26.1. The third kappa shape index (κ3) is 4.52. The van der Waals surface area contributed by atoms with Gasteiger partial charge in [-0.1, -0.05) is 30.3 Å². The van der Waals surface area contributed by atoms with E-state index in [9.17, 15) is 8.42 Å². The second kappa shape index (κ2) is 6.35. The number of sulfonamides is 1. The minimum Gasteiger partial charge on any atom is -0.300 e. The van der Waals surface area contributed by atoms with E-state index in [1.807, 2.05) is 6.07 Å². The van der Waals surface area contributed by atoms with Gasteiger partial charge in [-0.15, -0.1) is 0 Å². The molecule has 104 valence electrons. The van der Waals surface area contributed by atoms with E-state index in [-0.39, 0.29) is 16.8 Å². The van der Waals surface area contributed by atoms with Gasteiger partial charge in [-0.2, -0.15) is 0 Å². The molecule has 0 bridgehead atoms. The first-order chi connectivity index (χ1) is 9.55. The van der Waals surface area contributed by atoms with Gasteiger partial charge in [0.1, 0.15) is 12.7 Å². The summed E-state index contributed by atoms with van der Waals surface area (Å²) in [5.74, 6) is 0.0137. The summed E-state index contributed by atoms with van der Waals surface area (Å²) in [5, 5.41) is 2.47. The second-order valence-electron chi connectivity index (χ2n) is 3.76. The molecule has 0 atom stereocenters. The second-order valence-corrected chi connectivity index (χ2v) is 5.89. The topological polar surface area (TPSA) is 96.9 Å². The molecule has 0 aliphatic carbocycles. The summed E-state index contributed by atoms with van der Waals surface area (Å²) in [6.45, 7) is 0. The maximum absolute atomic E-state index is 11.9. The van der Waals surface area contributed by atoms with Crippen molar-refractivity contribution in [2.75, 3.05) is 5.32 Å². The van der Waals surface area contributed by atoms with Gasteiger partial charge in [0.15, 0.2) is 5.11 Å². The smallest absolute Gasteiger partial charge is 0.238 e. The fraction of sp³-hybridized carbons (Fsp3) is 0.0909. The molecule has 0 aliphatic heterocycles. The number of anilines is 1. The SMILES string of the molecule is O=S(=O)(Cc1ccccc1)NC(=S)Nc1ncncn1. The molecule has 1 aromatic carbocycles. The van der Waals surface area contributed by atoms with Crippen molar-refractivity contribution >= 4 is 33.3 Å². The number of thiocarbonyl (C=S) groups is 1. The number of nitrogens with one attached hydrogen (secondary N) is 2. The van der Waals surface area contributed by atoms with Gasteiger partial charge in [-0.05, 0) is 17.8 Å². The van der Waals surface area contributed by atoms with Crippen LogP contribution >= 0.6 is 12.2 Å². The highest BCUT2D eigenvalue weighted by Gasteiger charge is 2.13. The van der Waals surface area contributed by atoms with Crippen LogP contribution in [0.15, 0.2) is 43.0 Å². The summed E-state index contributed by atoms with van der Waals surface area (Å²) >= 11 is 4.90. The van der Waals surface area contributed by atoms with Crippen LogP contribution in [0, 0.1) is 0 Å². The van der Waals surface area contributed by atoms with Crippen LogP contribution in [-0.4, -0.2) is 28.5 Å². The number of hydrogen-bond acceptors (Lipinski definition) is 6. The number of aromatic nitrogens is 3. The van der Waals surface area contributed by atoms with Crippen LogP contribution in [0.5, 0.6) is 0 Å². The zero-order valence-corrected chi connectivity index (χ0v) is 11.9. The minimum absolute atomic E-state index is 0.0906. The van der Waals surface area contributed by atoms with Crippen LogP contribution < -0.4 is 10.0 Å². The zero-order chi connectivity index (χ0) is 14.4. The largest absolute Gasteiger partial charge is 0.300 e. The summed E-state index contributed by atoms with van der Waals surface area (Å²) in [4.78, 5) is 11.2. The van der Waals surface area contributed by atoms with Crippen LogP contribution in [0.25, 0.3) is 0 Å². The van der Waals surface area contributed by atoms with Crippen LogP contribution in [-0.2, 0) is 15.8 Å².